The van der Waals surface area contributed by atoms with Crippen LogP contribution >= 0.6 is 27.3 Å². The Morgan fingerprint density at radius 1 is 1.32 bits per heavy atom. The predicted octanol–water partition coefficient (Wildman–Crippen LogP) is 1.20. The number of nitrogens with one attached hydrogen (secondary N) is 1. The zero-order chi connectivity index (χ0) is 14.0. The lowest BCUT2D eigenvalue weighted by Gasteiger charge is -2.07. The summed E-state index contributed by atoms with van der Waals surface area (Å²) in [6.45, 7) is 1.14. The molecule has 0 spiro atoms. The number of aryl methyl sites for hydroxylation is 1. The van der Waals surface area contributed by atoms with E-state index in [1.54, 1.807) is 24.6 Å². The summed E-state index contributed by atoms with van der Waals surface area (Å²) in [6, 6.07) is 2.04. The van der Waals surface area contributed by atoms with Crippen LogP contribution in [0, 0.1) is 0 Å². The molecule has 5 nitrogen and oxygen atoms in total. The molecule has 0 aliphatic heterocycles. The average Bonchev–Trinajstić information content (AvgIpc) is 2.79. The van der Waals surface area contributed by atoms with Gasteiger partial charge in [0, 0.05) is 53.7 Å². The minimum absolute atomic E-state index is 0.247. The van der Waals surface area contributed by atoms with E-state index in [0.29, 0.717) is 18.7 Å². The van der Waals surface area contributed by atoms with Crippen molar-refractivity contribution in [3.8, 4) is 0 Å². The molecule has 19 heavy (non-hydrogen) atoms. The van der Waals surface area contributed by atoms with Crippen LogP contribution in [0.3, 0.4) is 0 Å². The second kappa shape index (κ2) is 5.85. The first-order chi connectivity index (χ1) is 8.99. The van der Waals surface area contributed by atoms with Gasteiger partial charge >= 0.3 is 5.69 Å². The van der Waals surface area contributed by atoms with E-state index < -0.39 is 0 Å². The summed E-state index contributed by atoms with van der Waals surface area (Å²) in [5.74, 6) is 0. The van der Waals surface area contributed by atoms with Crippen molar-refractivity contribution in [2.24, 2.45) is 14.1 Å². The highest BCUT2D eigenvalue weighted by molar-refractivity contribution is 9.10. The average molecular weight is 344 g/mol. The second-order valence-electron chi connectivity index (χ2n) is 4.25. The van der Waals surface area contributed by atoms with E-state index in [9.17, 15) is 9.59 Å². The Morgan fingerprint density at radius 3 is 2.68 bits per heavy atom. The van der Waals surface area contributed by atoms with Crippen LogP contribution < -0.4 is 16.6 Å². The lowest BCUT2D eigenvalue weighted by Crippen LogP contribution is -2.39. The molecule has 0 saturated heterocycles. The van der Waals surface area contributed by atoms with Crippen molar-refractivity contribution in [2.75, 3.05) is 0 Å². The molecule has 0 radical (unpaired) electrons. The molecule has 1 N–H and O–H groups in total. The van der Waals surface area contributed by atoms with Crippen LogP contribution in [-0.2, 0) is 27.2 Å². The molecule has 2 aromatic rings. The molecular formula is C12H14BrN3O2S. The maximum Gasteiger partial charge on any atom is 0.330 e. The molecule has 0 bridgehead atoms. The fourth-order valence-electron chi connectivity index (χ4n) is 1.77. The molecule has 0 saturated carbocycles. The van der Waals surface area contributed by atoms with Crippen molar-refractivity contribution in [3.05, 3.63) is 53.4 Å². The van der Waals surface area contributed by atoms with E-state index in [1.807, 2.05) is 11.4 Å². The monoisotopic (exact) mass is 343 g/mol. The minimum atomic E-state index is -0.309. The highest BCUT2D eigenvalue weighted by Crippen LogP contribution is 2.19. The van der Waals surface area contributed by atoms with Crippen LogP contribution in [0.15, 0.2) is 31.7 Å². The third-order valence-corrected chi connectivity index (χ3v) is 4.45. The number of halogens is 1. The van der Waals surface area contributed by atoms with Crippen molar-refractivity contribution < 1.29 is 0 Å². The predicted molar refractivity (Wildman–Crippen MR) is 79.5 cm³/mol. The third-order valence-electron chi connectivity index (χ3n) is 2.75. The molecule has 7 heteroatoms. The number of hydrogen-bond acceptors (Lipinski definition) is 4. The van der Waals surface area contributed by atoms with Crippen LogP contribution in [0.5, 0.6) is 0 Å². The van der Waals surface area contributed by atoms with Gasteiger partial charge in [-0.15, -0.1) is 11.3 Å². The maximum atomic E-state index is 11.9. The first-order valence-electron chi connectivity index (χ1n) is 5.68. The fourth-order valence-corrected chi connectivity index (χ4v) is 3.19. The van der Waals surface area contributed by atoms with Crippen molar-refractivity contribution in [1.82, 2.24) is 14.5 Å². The van der Waals surface area contributed by atoms with Gasteiger partial charge in [-0.25, -0.2) is 4.79 Å². The van der Waals surface area contributed by atoms with Gasteiger partial charge in [0.2, 0.25) is 0 Å². The Labute approximate surface area is 122 Å². The molecule has 0 unspecified atom stereocenters. The molecule has 2 rings (SSSR count). The first kappa shape index (κ1) is 14.2. The standard InChI is InChI=1S/C12H14BrN3O2S/c1-15-6-8(11(17)16(2)12(15)18)4-14-5-10-3-9(13)7-19-10/h3,6-7,14H,4-5H2,1-2H3. The SMILES string of the molecule is Cn1cc(CNCc2cc(Br)cs2)c(=O)n(C)c1=O. The summed E-state index contributed by atoms with van der Waals surface area (Å²) in [5, 5.41) is 5.22. The topological polar surface area (TPSA) is 56.0 Å². The highest BCUT2D eigenvalue weighted by Gasteiger charge is 2.06. The number of hydrogen-bond donors (Lipinski definition) is 1. The Balaban J connectivity index is 2.08. The van der Waals surface area contributed by atoms with Gasteiger partial charge in [-0.3, -0.25) is 9.36 Å². The summed E-state index contributed by atoms with van der Waals surface area (Å²) >= 11 is 5.05. The lowest BCUT2D eigenvalue weighted by molar-refractivity contribution is 0.633. The van der Waals surface area contributed by atoms with E-state index in [1.165, 1.54) is 16.5 Å². The van der Waals surface area contributed by atoms with Gasteiger partial charge in [-0.1, -0.05) is 0 Å². The van der Waals surface area contributed by atoms with Crippen molar-refractivity contribution >= 4 is 27.3 Å². The van der Waals surface area contributed by atoms with Gasteiger partial charge in [0.05, 0.1) is 0 Å². The van der Waals surface area contributed by atoms with Crippen molar-refractivity contribution in [2.45, 2.75) is 13.1 Å². The molecule has 0 aliphatic rings. The quantitative estimate of drug-likeness (QED) is 0.907. The van der Waals surface area contributed by atoms with Crippen LogP contribution in [0.4, 0.5) is 0 Å². The number of aromatic nitrogens is 2. The molecule has 0 fully saturated rings. The zero-order valence-electron chi connectivity index (χ0n) is 10.6. The van der Waals surface area contributed by atoms with Gasteiger partial charge in [-0.05, 0) is 22.0 Å². The Morgan fingerprint density at radius 2 is 2.05 bits per heavy atom. The molecular weight excluding hydrogens is 330 g/mol. The Bertz CT molecular complexity index is 702. The van der Waals surface area contributed by atoms with E-state index in [-0.39, 0.29) is 11.2 Å². The summed E-state index contributed by atoms with van der Waals surface area (Å²) in [4.78, 5) is 24.6. The lowest BCUT2D eigenvalue weighted by atomic mass is 10.3. The van der Waals surface area contributed by atoms with Crippen molar-refractivity contribution in [1.29, 1.82) is 0 Å². The zero-order valence-corrected chi connectivity index (χ0v) is 13.0. The summed E-state index contributed by atoms with van der Waals surface area (Å²) in [5.41, 5.74) is 0.0270. The first-order valence-corrected chi connectivity index (χ1v) is 7.35. The number of nitrogens with zero attached hydrogens (tertiary/aromatic N) is 2. The Kier molecular flexibility index (Phi) is 4.38. The van der Waals surface area contributed by atoms with E-state index in [2.05, 4.69) is 21.2 Å². The summed E-state index contributed by atoms with van der Waals surface area (Å²) < 4.78 is 3.60. The third kappa shape index (κ3) is 3.23. The Hall–Kier alpha value is -1.18. The minimum Gasteiger partial charge on any atom is -0.308 e. The van der Waals surface area contributed by atoms with E-state index >= 15 is 0 Å². The molecule has 2 heterocycles. The summed E-state index contributed by atoms with van der Waals surface area (Å²) in [7, 11) is 3.13. The van der Waals surface area contributed by atoms with Gasteiger partial charge in [0.25, 0.3) is 5.56 Å². The van der Waals surface area contributed by atoms with E-state index in [0.717, 1.165) is 9.04 Å². The molecule has 102 valence electrons. The smallest absolute Gasteiger partial charge is 0.308 e. The maximum absolute atomic E-state index is 11.9. The number of thiophene rings is 1. The fraction of sp³-hybridized carbons (Fsp3) is 0.333. The normalized spacial score (nSPS) is 10.9. The summed E-state index contributed by atoms with van der Waals surface area (Å²) in [6.07, 6.45) is 1.59. The largest absolute Gasteiger partial charge is 0.330 e. The van der Waals surface area contributed by atoms with Crippen LogP contribution in [0.25, 0.3) is 0 Å². The van der Waals surface area contributed by atoms with Gasteiger partial charge in [0.1, 0.15) is 0 Å². The van der Waals surface area contributed by atoms with Crippen molar-refractivity contribution in [3.63, 3.8) is 0 Å². The van der Waals surface area contributed by atoms with Gasteiger partial charge in [0.15, 0.2) is 0 Å². The molecule has 0 aromatic carbocycles. The van der Waals surface area contributed by atoms with Crippen LogP contribution in [0.1, 0.15) is 10.4 Å². The van der Waals surface area contributed by atoms with Gasteiger partial charge in [-0.2, -0.15) is 0 Å². The second-order valence-corrected chi connectivity index (χ2v) is 6.16. The van der Waals surface area contributed by atoms with Crippen LogP contribution in [-0.4, -0.2) is 9.13 Å². The molecule has 2 aromatic heterocycles. The molecule has 0 amide bonds. The highest BCUT2D eigenvalue weighted by atomic mass is 79.9. The number of rotatable bonds is 4. The van der Waals surface area contributed by atoms with E-state index in [4.69, 9.17) is 0 Å². The molecule has 0 aliphatic carbocycles. The molecule has 0 atom stereocenters. The van der Waals surface area contributed by atoms with Gasteiger partial charge < -0.3 is 9.88 Å². The van der Waals surface area contributed by atoms with Crippen LogP contribution in [0.2, 0.25) is 0 Å².